The van der Waals surface area contributed by atoms with Gasteiger partial charge in [0.15, 0.2) is 8.32 Å². The minimum atomic E-state index is -1.69. The molecule has 0 bridgehead atoms. The molecule has 0 radical (unpaired) electrons. The second-order valence-electron chi connectivity index (χ2n) is 4.75. The van der Waals surface area contributed by atoms with Crippen LogP contribution in [0.2, 0.25) is 19.1 Å². The zero-order valence-corrected chi connectivity index (χ0v) is 11.7. The Morgan fingerprint density at radius 3 is 2.71 bits per heavy atom. The van der Waals surface area contributed by atoms with Gasteiger partial charge in [-0.15, -0.1) is 0 Å². The van der Waals surface area contributed by atoms with Crippen molar-refractivity contribution in [1.29, 1.82) is 0 Å². The van der Waals surface area contributed by atoms with E-state index in [1.807, 2.05) is 0 Å². The third-order valence-electron chi connectivity index (χ3n) is 2.54. The molecule has 0 atom stereocenters. The van der Waals surface area contributed by atoms with Crippen LogP contribution in [0.15, 0.2) is 21.3 Å². The van der Waals surface area contributed by atoms with Gasteiger partial charge in [0.2, 0.25) is 0 Å². The van der Waals surface area contributed by atoms with Crippen LogP contribution in [0.1, 0.15) is 25.5 Å². The first kappa shape index (κ1) is 14.0. The molecule has 17 heavy (non-hydrogen) atoms. The molecule has 0 saturated carbocycles. The van der Waals surface area contributed by atoms with Crippen molar-refractivity contribution in [2.45, 2.75) is 45.5 Å². The summed E-state index contributed by atoms with van der Waals surface area (Å²) in [6.45, 7) is 6.69. The molecule has 0 unspecified atom stereocenters. The van der Waals surface area contributed by atoms with E-state index in [0.29, 0.717) is 5.76 Å². The molecule has 0 fully saturated rings. The average Bonchev–Trinajstić information content (AvgIpc) is 2.23. The van der Waals surface area contributed by atoms with Crippen molar-refractivity contribution in [3.05, 3.63) is 28.3 Å². The summed E-state index contributed by atoms with van der Waals surface area (Å²) in [5.41, 5.74) is -0.545. The standard InChI is InChI=1S/C12H20O4Si/c1-4-5-6-17(2,3)15-9-11-7-10(13)8-12(14)16-11/h7-8,13H,4-6,9H2,1-3H3. The van der Waals surface area contributed by atoms with Crippen molar-refractivity contribution in [2.75, 3.05) is 0 Å². The third kappa shape index (κ3) is 5.19. The van der Waals surface area contributed by atoms with E-state index in [-0.39, 0.29) is 12.4 Å². The number of aromatic hydroxyl groups is 1. The Hall–Kier alpha value is -1.07. The molecule has 0 amide bonds. The Morgan fingerprint density at radius 2 is 2.12 bits per heavy atom. The van der Waals surface area contributed by atoms with E-state index in [1.165, 1.54) is 6.07 Å². The second-order valence-corrected chi connectivity index (χ2v) is 9.06. The largest absolute Gasteiger partial charge is 0.508 e. The lowest BCUT2D eigenvalue weighted by Gasteiger charge is -2.22. The predicted molar refractivity (Wildman–Crippen MR) is 68.6 cm³/mol. The summed E-state index contributed by atoms with van der Waals surface area (Å²) < 4.78 is 10.8. The molecular weight excluding hydrogens is 236 g/mol. The van der Waals surface area contributed by atoms with Crippen LogP contribution < -0.4 is 5.63 Å². The van der Waals surface area contributed by atoms with Crippen LogP contribution in [0.25, 0.3) is 0 Å². The Morgan fingerprint density at radius 1 is 1.41 bits per heavy atom. The number of unbranched alkanes of at least 4 members (excludes halogenated alkanes) is 1. The highest BCUT2D eigenvalue weighted by molar-refractivity contribution is 6.71. The molecule has 5 heteroatoms. The van der Waals surface area contributed by atoms with Crippen LogP contribution in [-0.4, -0.2) is 13.4 Å². The quantitative estimate of drug-likeness (QED) is 0.795. The molecule has 0 aliphatic carbocycles. The summed E-state index contributed by atoms with van der Waals surface area (Å²) in [6, 6.07) is 3.56. The Kier molecular flexibility index (Phi) is 4.96. The van der Waals surface area contributed by atoms with Crippen LogP contribution in [0.5, 0.6) is 5.75 Å². The topological polar surface area (TPSA) is 59.7 Å². The maximum atomic E-state index is 11.0. The normalized spacial score (nSPS) is 11.7. The van der Waals surface area contributed by atoms with Crippen molar-refractivity contribution in [3.8, 4) is 5.75 Å². The van der Waals surface area contributed by atoms with Crippen LogP contribution in [0.4, 0.5) is 0 Å². The van der Waals surface area contributed by atoms with Gasteiger partial charge >= 0.3 is 5.63 Å². The van der Waals surface area contributed by atoms with Crippen LogP contribution in [0, 0.1) is 0 Å². The first-order valence-electron chi connectivity index (χ1n) is 5.90. The van der Waals surface area contributed by atoms with Gasteiger partial charge in [0.05, 0.1) is 12.7 Å². The van der Waals surface area contributed by atoms with Gasteiger partial charge in [-0.2, -0.15) is 0 Å². The summed E-state index contributed by atoms with van der Waals surface area (Å²) in [4.78, 5) is 11.0. The lowest BCUT2D eigenvalue weighted by Crippen LogP contribution is -2.29. The van der Waals surface area contributed by atoms with E-state index in [1.54, 1.807) is 0 Å². The van der Waals surface area contributed by atoms with Gasteiger partial charge in [0.25, 0.3) is 0 Å². The van der Waals surface area contributed by atoms with Gasteiger partial charge in [-0.25, -0.2) is 4.79 Å². The fourth-order valence-electron chi connectivity index (χ4n) is 1.53. The van der Waals surface area contributed by atoms with Crippen molar-refractivity contribution < 1.29 is 13.9 Å². The second kappa shape index (κ2) is 6.02. The zero-order chi connectivity index (χ0) is 12.9. The van der Waals surface area contributed by atoms with Crippen LogP contribution >= 0.6 is 0 Å². The van der Waals surface area contributed by atoms with Crippen molar-refractivity contribution in [1.82, 2.24) is 0 Å². The van der Waals surface area contributed by atoms with Crippen molar-refractivity contribution >= 4 is 8.32 Å². The Balaban J connectivity index is 2.57. The first-order chi connectivity index (χ1) is 7.93. The summed E-state index contributed by atoms with van der Waals surface area (Å²) in [5, 5.41) is 9.26. The van der Waals surface area contributed by atoms with Crippen molar-refractivity contribution in [2.24, 2.45) is 0 Å². The lowest BCUT2D eigenvalue weighted by atomic mass is 10.4. The van der Waals surface area contributed by atoms with Crippen LogP contribution in [-0.2, 0) is 11.0 Å². The Labute approximate surface area is 102 Å². The molecule has 1 aromatic rings. The number of hydrogen-bond acceptors (Lipinski definition) is 4. The summed E-state index contributed by atoms with van der Waals surface area (Å²) in [7, 11) is -1.69. The van der Waals surface area contributed by atoms with E-state index in [0.717, 1.165) is 25.0 Å². The molecule has 0 spiro atoms. The van der Waals surface area contributed by atoms with Crippen molar-refractivity contribution in [3.63, 3.8) is 0 Å². The van der Waals surface area contributed by atoms with Gasteiger partial charge < -0.3 is 13.9 Å². The SMILES string of the molecule is CCCC[Si](C)(C)OCc1cc(O)cc(=O)o1. The highest BCUT2D eigenvalue weighted by Gasteiger charge is 2.22. The van der Waals surface area contributed by atoms with E-state index in [4.69, 9.17) is 8.84 Å². The highest BCUT2D eigenvalue weighted by atomic mass is 28.4. The third-order valence-corrected chi connectivity index (χ3v) is 5.03. The summed E-state index contributed by atoms with van der Waals surface area (Å²) in [6.07, 6.45) is 2.31. The fraction of sp³-hybridized carbons (Fsp3) is 0.583. The molecular formula is C12H20O4Si. The molecule has 0 aliphatic rings. The smallest absolute Gasteiger partial charge is 0.339 e. The molecule has 0 saturated heterocycles. The number of hydrogen-bond donors (Lipinski definition) is 1. The van der Waals surface area contributed by atoms with E-state index in [9.17, 15) is 9.90 Å². The molecule has 1 aromatic heterocycles. The molecule has 0 aliphatic heterocycles. The zero-order valence-electron chi connectivity index (χ0n) is 10.7. The van der Waals surface area contributed by atoms with Gasteiger partial charge in [-0.05, 0) is 19.1 Å². The maximum absolute atomic E-state index is 11.0. The van der Waals surface area contributed by atoms with Gasteiger partial charge in [0, 0.05) is 6.07 Å². The van der Waals surface area contributed by atoms with Gasteiger partial charge in [0.1, 0.15) is 11.5 Å². The summed E-state index contributed by atoms with van der Waals surface area (Å²) in [5.74, 6) is 0.306. The average molecular weight is 256 g/mol. The van der Waals surface area contributed by atoms with Gasteiger partial charge in [-0.3, -0.25) is 0 Å². The van der Waals surface area contributed by atoms with Gasteiger partial charge in [-0.1, -0.05) is 19.8 Å². The van der Waals surface area contributed by atoms with E-state index >= 15 is 0 Å². The Bertz CT molecular complexity index is 411. The molecule has 1 heterocycles. The molecule has 1 rings (SSSR count). The minimum absolute atomic E-state index is 0.0760. The maximum Gasteiger partial charge on any atom is 0.339 e. The first-order valence-corrected chi connectivity index (χ1v) is 9.01. The predicted octanol–water partition coefficient (Wildman–Crippen LogP) is 2.87. The molecule has 96 valence electrons. The van der Waals surface area contributed by atoms with E-state index in [2.05, 4.69) is 20.0 Å². The number of rotatable bonds is 6. The molecule has 0 aromatic carbocycles. The molecule has 4 nitrogen and oxygen atoms in total. The monoisotopic (exact) mass is 256 g/mol. The molecule has 1 N–H and O–H groups in total. The van der Waals surface area contributed by atoms with Crippen LogP contribution in [0.3, 0.4) is 0 Å². The highest BCUT2D eigenvalue weighted by Crippen LogP contribution is 2.18. The minimum Gasteiger partial charge on any atom is -0.508 e. The van der Waals surface area contributed by atoms with E-state index < -0.39 is 13.9 Å². The lowest BCUT2D eigenvalue weighted by molar-refractivity contribution is 0.250. The fourth-order valence-corrected chi connectivity index (χ4v) is 3.41. The summed E-state index contributed by atoms with van der Waals surface area (Å²) >= 11 is 0.